The summed E-state index contributed by atoms with van der Waals surface area (Å²) < 4.78 is 0. The molecule has 0 fully saturated rings. The minimum Gasteiger partial charge on any atom is -0.481 e. The van der Waals surface area contributed by atoms with Crippen molar-refractivity contribution in [2.75, 3.05) is 0 Å². The number of Topliss-reactive ketones (excluding diaryl/α,β-unsaturated/α-hetero) is 1. The second-order valence-electron chi connectivity index (χ2n) is 3.24. The Morgan fingerprint density at radius 1 is 1.42 bits per heavy atom. The summed E-state index contributed by atoms with van der Waals surface area (Å²) in [6.07, 6.45) is 0.953. The van der Waals surface area contributed by atoms with Crippen LogP contribution < -0.4 is 0 Å². The zero-order valence-electron chi connectivity index (χ0n) is 7.83. The summed E-state index contributed by atoms with van der Waals surface area (Å²) in [5, 5.41) is 8.77. The fraction of sp³-hybridized carbons (Fsp3) is 0.778. The van der Waals surface area contributed by atoms with Crippen molar-refractivity contribution < 1.29 is 14.7 Å². The molecule has 70 valence electrons. The quantitative estimate of drug-likeness (QED) is 0.686. The third kappa shape index (κ3) is 3.51. The molecule has 0 amide bonds. The molecule has 0 aromatic carbocycles. The van der Waals surface area contributed by atoms with E-state index in [4.69, 9.17) is 5.11 Å². The SMILES string of the molecule is CCC(C)[C@H](CC(C)=O)C(=O)O. The van der Waals surface area contributed by atoms with E-state index in [0.717, 1.165) is 6.42 Å². The van der Waals surface area contributed by atoms with E-state index >= 15 is 0 Å². The van der Waals surface area contributed by atoms with E-state index < -0.39 is 11.9 Å². The highest BCUT2D eigenvalue weighted by Crippen LogP contribution is 2.19. The highest BCUT2D eigenvalue weighted by molar-refractivity contribution is 5.82. The van der Waals surface area contributed by atoms with Gasteiger partial charge in [0.2, 0.25) is 0 Å². The first-order valence-corrected chi connectivity index (χ1v) is 4.21. The predicted molar refractivity (Wildman–Crippen MR) is 45.9 cm³/mol. The van der Waals surface area contributed by atoms with Crippen molar-refractivity contribution in [1.82, 2.24) is 0 Å². The summed E-state index contributed by atoms with van der Waals surface area (Å²) in [5.74, 6) is -1.35. The summed E-state index contributed by atoms with van der Waals surface area (Å²) in [6, 6.07) is 0. The number of aliphatic carboxylic acids is 1. The Morgan fingerprint density at radius 2 is 1.92 bits per heavy atom. The molecule has 0 aromatic rings. The Hall–Kier alpha value is -0.860. The van der Waals surface area contributed by atoms with E-state index in [1.54, 1.807) is 0 Å². The average molecular weight is 172 g/mol. The zero-order chi connectivity index (χ0) is 9.72. The minimum atomic E-state index is -0.862. The first-order valence-electron chi connectivity index (χ1n) is 4.21. The van der Waals surface area contributed by atoms with Gasteiger partial charge in [-0.05, 0) is 12.8 Å². The van der Waals surface area contributed by atoms with Gasteiger partial charge in [-0.25, -0.2) is 0 Å². The molecular weight excluding hydrogens is 156 g/mol. The molecule has 1 N–H and O–H groups in total. The zero-order valence-corrected chi connectivity index (χ0v) is 7.83. The number of carboxylic acids is 1. The van der Waals surface area contributed by atoms with Crippen molar-refractivity contribution in [1.29, 1.82) is 0 Å². The lowest BCUT2D eigenvalue weighted by Crippen LogP contribution is -2.23. The molecule has 0 saturated carbocycles. The van der Waals surface area contributed by atoms with Gasteiger partial charge < -0.3 is 9.90 Å². The van der Waals surface area contributed by atoms with Gasteiger partial charge >= 0.3 is 5.97 Å². The highest BCUT2D eigenvalue weighted by Gasteiger charge is 2.24. The molecule has 0 heterocycles. The van der Waals surface area contributed by atoms with E-state index in [0.29, 0.717) is 0 Å². The molecule has 0 aromatic heterocycles. The van der Waals surface area contributed by atoms with Crippen LogP contribution in [-0.4, -0.2) is 16.9 Å². The van der Waals surface area contributed by atoms with Crippen LogP contribution in [0.15, 0.2) is 0 Å². The van der Waals surface area contributed by atoms with Gasteiger partial charge in [0.05, 0.1) is 5.92 Å². The van der Waals surface area contributed by atoms with E-state index in [1.165, 1.54) is 6.92 Å². The summed E-state index contributed by atoms with van der Waals surface area (Å²) >= 11 is 0. The van der Waals surface area contributed by atoms with E-state index in [-0.39, 0.29) is 18.1 Å². The Labute approximate surface area is 72.8 Å². The summed E-state index contributed by atoms with van der Waals surface area (Å²) in [6.45, 7) is 5.22. The van der Waals surface area contributed by atoms with Gasteiger partial charge in [0.25, 0.3) is 0 Å². The van der Waals surface area contributed by atoms with Crippen LogP contribution in [-0.2, 0) is 9.59 Å². The smallest absolute Gasteiger partial charge is 0.307 e. The Balaban J connectivity index is 4.22. The fourth-order valence-electron chi connectivity index (χ4n) is 1.13. The van der Waals surface area contributed by atoms with Crippen molar-refractivity contribution in [3.63, 3.8) is 0 Å². The van der Waals surface area contributed by atoms with Crippen LogP contribution in [0.4, 0.5) is 0 Å². The lowest BCUT2D eigenvalue weighted by molar-refractivity contribution is -0.145. The monoisotopic (exact) mass is 172 g/mol. The van der Waals surface area contributed by atoms with Crippen molar-refractivity contribution in [3.05, 3.63) is 0 Å². The topological polar surface area (TPSA) is 54.4 Å². The molecule has 0 radical (unpaired) electrons. The molecule has 3 nitrogen and oxygen atoms in total. The minimum absolute atomic E-state index is 0.0531. The maximum absolute atomic E-state index is 10.7. The number of ketones is 1. The number of hydrogen-bond donors (Lipinski definition) is 1. The first-order chi connectivity index (χ1) is 5.49. The summed E-state index contributed by atoms with van der Waals surface area (Å²) in [7, 11) is 0. The first kappa shape index (κ1) is 11.1. The van der Waals surface area contributed by atoms with Crippen LogP contribution in [0, 0.1) is 11.8 Å². The number of carbonyl (C=O) groups is 2. The van der Waals surface area contributed by atoms with Crippen molar-refractivity contribution in [2.24, 2.45) is 11.8 Å². The summed E-state index contributed by atoms with van der Waals surface area (Å²) in [4.78, 5) is 21.4. The second kappa shape index (κ2) is 4.91. The molecule has 0 rings (SSSR count). The molecule has 0 aliphatic carbocycles. The highest BCUT2D eigenvalue weighted by atomic mass is 16.4. The molecule has 1 unspecified atom stereocenters. The number of carbonyl (C=O) groups excluding carboxylic acids is 1. The molecule has 2 atom stereocenters. The van der Waals surface area contributed by atoms with Crippen LogP contribution in [0.1, 0.15) is 33.6 Å². The van der Waals surface area contributed by atoms with Crippen LogP contribution in [0.5, 0.6) is 0 Å². The van der Waals surface area contributed by atoms with Gasteiger partial charge in [0, 0.05) is 6.42 Å². The molecule has 0 aliphatic rings. The van der Waals surface area contributed by atoms with E-state index in [1.807, 2.05) is 13.8 Å². The van der Waals surface area contributed by atoms with Crippen LogP contribution in [0.3, 0.4) is 0 Å². The van der Waals surface area contributed by atoms with E-state index in [9.17, 15) is 9.59 Å². The van der Waals surface area contributed by atoms with E-state index in [2.05, 4.69) is 0 Å². The lowest BCUT2D eigenvalue weighted by Gasteiger charge is -2.16. The van der Waals surface area contributed by atoms with Gasteiger partial charge in [-0.3, -0.25) is 4.79 Å². The largest absolute Gasteiger partial charge is 0.481 e. The standard InChI is InChI=1S/C9H16O3/c1-4-6(2)8(9(11)12)5-7(3)10/h6,8H,4-5H2,1-3H3,(H,11,12)/t6?,8-/m0/s1. The van der Waals surface area contributed by atoms with Gasteiger partial charge in [-0.2, -0.15) is 0 Å². The van der Waals surface area contributed by atoms with Crippen molar-refractivity contribution in [2.45, 2.75) is 33.6 Å². The Bertz CT molecular complexity index is 175. The Morgan fingerprint density at radius 3 is 2.17 bits per heavy atom. The molecular formula is C9H16O3. The third-order valence-electron chi connectivity index (χ3n) is 2.16. The van der Waals surface area contributed by atoms with Crippen LogP contribution in [0.2, 0.25) is 0 Å². The molecule has 0 spiro atoms. The molecule has 0 aliphatic heterocycles. The lowest BCUT2D eigenvalue weighted by atomic mass is 9.88. The molecule has 0 bridgehead atoms. The summed E-state index contributed by atoms with van der Waals surface area (Å²) in [5.41, 5.74) is 0. The molecule has 12 heavy (non-hydrogen) atoms. The number of hydrogen-bond acceptors (Lipinski definition) is 2. The fourth-order valence-corrected chi connectivity index (χ4v) is 1.13. The van der Waals surface area contributed by atoms with Crippen LogP contribution in [0.25, 0.3) is 0 Å². The second-order valence-corrected chi connectivity index (χ2v) is 3.24. The van der Waals surface area contributed by atoms with Gasteiger partial charge in [-0.15, -0.1) is 0 Å². The third-order valence-corrected chi connectivity index (χ3v) is 2.16. The Kier molecular flexibility index (Phi) is 4.55. The van der Waals surface area contributed by atoms with Gasteiger partial charge in [0.1, 0.15) is 5.78 Å². The van der Waals surface area contributed by atoms with Gasteiger partial charge in [0.15, 0.2) is 0 Å². The molecule has 3 heteroatoms. The van der Waals surface area contributed by atoms with Crippen LogP contribution >= 0.6 is 0 Å². The number of rotatable bonds is 5. The van der Waals surface area contributed by atoms with Gasteiger partial charge in [-0.1, -0.05) is 20.3 Å². The maximum atomic E-state index is 10.7. The maximum Gasteiger partial charge on any atom is 0.307 e. The average Bonchev–Trinajstić information content (AvgIpc) is 1.98. The number of carboxylic acid groups (broad SMARTS) is 1. The predicted octanol–water partition coefficient (Wildman–Crippen LogP) is 1.71. The van der Waals surface area contributed by atoms with Crippen molar-refractivity contribution in [3.8, 4) is 0 Å². The molecule has 0 saturated heterocycles. The van der Waals surface area contributed by atoms with Crippen molar-refractivity contribution >= 4 is 11.8 Å². The normalized spacial score (nSPS) is 15.2.